The van der Waals surface area contributed by atoms with E-state index in [0.29, 0.717) is 5.75 Å². The number of hydrogen-bond acceptors (Lipinski definition) is 4. The molecule has 1 aromatic carbocycles. The molecule has 2 atom stereocenters. The summed E-state index contributed by atoms with van der Waals surface area (Å²) in [5, 5.41) is 8.97. The molecule has 1 N–H and O–H groups in total. The zero-order valence-electron chi connectivity index (χ0n) is 12.0. The molecule has 1 rings (SSSR count). The summed E-state index contributed by atoms with van der Waals surface area (Å²) < 4.78 is 10.1. The fourth-order valence-corrected chi connectivity index (χ4v) is 2.06. The average Bonchev–Trinajstić information content (AvgIpc) is 2.44. The van der Waals surface area contributed by atoms with Gasteiger partial charge in [-0.25, -0.2) is 0 Å². The van der Waals surface area contributed by atoms with E-state index in [2.05, 4.69) is 0 Å². The Morgan fingerprint density at radius 2 is 2.05 bits per heavy atom. The number of ether oxygens (including phenoxy) is 2. The van der Waals surface area contributed by atoms with E-state index in [1.165, 1.54) is 0 Å². The molecule has 0 aliphatic heterocycles. The van der Waals surface area contributed by atoms with Crippen LogP contribution in [-0.4, -0.2) is 30.8 Å². The van der Waals surface area contributed by atoms with Crippen LogP contribution in [0.3, 0.4) is 0 Å². The van der Waals surface area contributed by atoms with Gasteiger partial charge in [0.2, 0.25) is 0 Å². The van der Waals surface area contributed by atoms with E-state index in [-0.39, 0.29) is 18.9 Å². The Kier molecular flexibility index (Phi) is 6.03. The molecule has 0 aromatic heterocycles. The predicted octanol–water partition coefficient (Wildman–Crippen LogP) is 2.45. The monoisotopic (exact) mass is 280 g/mol. The van der Waals surface area contributed by atoms with E-state index >= 15 is 0 Å². The standard InChI is InChI=1S/C15H20O5/c1-4-20-15(18)13(9-14(16)17)10(2)11-6-5-7-12(8-11)19-3/h5-8,10,13H,4,9H2,1-3H3,(H,16,17)/t10-,13+/m1/s1. The highest BCUT2D eigenvalue weighted by atomic mass is 16.5. The number of carboxylic acid groups (broad SMARTS) is 1. The summed E-state index contributed by atoms with van der Waals surface area (Å²) in [5.74, 6) is -1.80. The first-order valence-corrected chi connectivity index (χ1v) is 6.52. The Labute approximate surface area is 118 Å². The summed E-state index contributed by atoms with van der Waals surface area (Å²) in [7, 11) is 1.56. The van der Waals surface area contributed by atoms with Gasteiger partial charge in [-0.2, -0.15) is 0 Å². The van der Waals surface area contributed by atoms with Crippen LogP contribution in [0.2, 0.25) is 0 Å². The first-order valence-electron chi connectivity index (χ1n) is 6.52. The largest absolute Gasteiger partial charge is 0.497 e. The zero-order chi connectivity index (χ0) is 15.1. The lowest BCUT2D eigenvalue weighted by molar-refractivity contribution is -0.153. The molecule has 20 heavy (non-hydrogen) atoms. The smallest absolute Gasteiger partial charge is 0.310 e. The lowest BCUT2D eigenvalue weighted by Gasteiger charge is -2.21. The van der Waals surface area contributed by atoms with Gasteiger partial charge in [-0.15, -0.1) is 0 Å². The van der Waals surface area contributed by atoms with Gasteiger partial charge >= 0.3 is 11.9 Å². The molecule has 0 unspecified atom stereocenters. The van der Waals surface area contributed by atoms with Crippen molar-refractivity contribution in [2.75, 3.05) is 13.7 Å². The Morgan fingerprint density at radius 1 is 1.35 bits per heavy atom. The van der Waals surface area contributed by atoms with E-state index < -0.39 is 17.9 Å². The van der Waals surface area contributed by atoms with E-state index in [0.717, 1.165) is 5.56 Å². The molecule has 0 bridgehead atoms. The predicted molar refractivity (Wildman–Crippen MR) is 73.8 cm³/mol. The molecule has 0 saturated carbocycles. The average molecular weight is 280 g/mol. The van der Waals surface area contributed by atoms with Gasteiger partial charge in [0, 0.05) is 0 Å². The molecule has 5 nitrogen and oxygen atoms in total. The fraction of sp³-hybridized carbons (Fsp3) is 0.467. The van der Waals surface area contributed by atoms with Crippen molar-refractivity contribution in [2.45, 2.75) is 26.2 Å². The normalized spacial score (nSPS) is 13.3. The van der Waals surface area contributed by atoms with Crippen molar-refractivity contribution < 1.29 is 24.2 Å². The third-order valence-corrected chi connectivity index (χ3v) is 3.21. The van der Waals surface area contributed by atoms with Gasteiger partial charge < -0.3 is 14.6 Å². The van der Waals surface area contributed by atoms with Crippen LogP contribution in [-0.2, 0) is 14.3 Å². The molecule has 0 amide bonds. The third-order valence-electron chi connectivity index (χ3n) is 3.21. The topological polar surface area (TPSA) is 72.8 Å². The Hall–Kier alpha value is -2.04. The highest BCUT2D eigenvalue weighted by molar-refractivity contribution is 5.80. The molecule has 0 heterocycles. The van der Waals surface area contributed by atoms with Crippen molar-refractivity contribution in [1.82, 2.24) is 0 Å². The minimum atomic E-state index is -1.02. The summed E-state index contributed by atoms with van der Waals surface area (Å²) in [5.41, 5.74) is 0.851. The quantitative estimate of drug-likeness (QED) is 0.777. The highest BCUT2D eigenvalue weighted by Gasteiger charge is 2.30. The maximum absolute atomic E-state index is 11.9. The van der Waals surface area contributed by atoms with Crippen molar-refractivity contribution in [2.24, 2.45) is 5.92 Å². The molecule has 0 fully saturated rings. The fourth-order valence-electron chi connectivity index (χ4n) is 2.06. The van der Waals surface area contributed by atoms with Crippen LogP contribution in [0.1, 0.15) is 31.7 Å². The van der Waals surface area contributed by atoms with E-state index in [4.69, 9.17) is 14.6 Å². The van der Waals surface area contributed by atoms with E-state index in [1.54, 1.807) is 26.2 Å². The number of carbonyl (C=O) groups is 2. The van der Waals surface area contributed by atoms with Crippen LogP contribution in [0.25, 0.3) is 0 Å². The molecule has 0 radical (unpaired) electrons. The maximum Gasteiger partial charge on any atom is 0.310 e. The SMILES string of the molecule is CCOC(=O)[C@@H](CC(=O)O)[C@H](C)c1cccc(OC)c1. The van der Waals surface area contributed by atoms with Crippen LogP contribution in [0.15, 0.2) is 24.3 Å². The van der Waals surface area contributed by atoms with Crippen LogP contribution < -0.4 is 4.74 Å². The minimum Gasteiger partial charge on any atom is -0.497 e. The van der Waals surface area contributed by atoms with Gasteiger partial charge in [-0.1, -0.05) is 19.1 Å². The molecule has 0 saturated heterocycles. The lowest BCUT2D eigenvalue weighted by atomic mass is 9.85. The number of benzene rings is 1. The first-order chi connectivity index (χ1) is 9.49. The van der Waals surface area contributed by atoms with Gasteiger partial charge in [0.15, 0.2) is 0 Å². The van der Waals surface area contributed by atoms with Crippen molar-refractivity contribution in [3.05, 3.63) is 29.8 Å². The number of esters is 1. The third kappa shape index (κ3) is 4.26. The molecule has 0 aliphatic carbocycles. The summed E-state index contributed by atoms with van der Waals surface area (Å²) in [6.45, 7) is 3.75. The summed E-state index contributed by atoms with van der Waals surface area (Å²) in [6.07, 6.45) is -0.253. The number of carboxylic acids is 1. The highest BCUT2D eigenvalue weighted by Crippen LogP contribution is 2.30. The Morgan fingerprint density at radius 3 is 2.60 bits per heavy atom. The van der Waals surface area contributed by atoms with Crippen LogP contribution >= 0.6 is 0 Å². The summed E-state index contributed by atoms with van der Waals surface area (Å²) in [4.78, 5) is 22.9. The van der Waals surface area contributed by atoms with Gasteiger partial charge in [0.25, 0.3) is 0 Å². The molecule has 0 aliphatic rings. The van der Waals surface area contributed by atoms with Crippen LogP contribution in [0.4, 0.5) is 0 Å². The van der Waals surface area contributed by atoms with Crippen molar-refractivity contribution in [3.63, 3.8) is 0 Å². The van der Waals surface area contributed by atoms with Crippen LogP contribution in [0, 0.1) is 5.92 Å². The number of methoxy groups -OCH3 is 1. The molecular formula is C15H20O5. The Bertz CT molecular complexity index is 469. The van der Waals surface area contributed by atoms with Gasteiger partial charge in [-0.05, 0) is 30.5 Å². The molecule has 1 aromatic rings. The number of hydrogen-bond donors (Lipinski definition) is 1. The molecular weight excluding hydrogens is 260 g/mol. The Balaban J connectivity index is 2.98. The zero-order valence-corrected chi connectivity index (χ0v) is 12.0. The molecule has 110 valence electrons. The van der Waals surface area contributed by atoms with Crippen molar-refractivity contribution in [1.29, 1.82) is 0 Å². The summed E-state index contributed by atoms with van der Waals surface area (Å²) >= 11 is 0. The second kappa shape index (κ2) is 7.53. The summed E-state index contributed by atoms with van der Waals surface area (Å²) in [6, 6.07) is 7.26. The number of rotatable bonds is 7. The molecule has 5 heteroatoms. The first kappa shape index (κ1) is 16.0. The maximum atomic E-state index is 11.9. The lowest BCUT2D eigenvalue weighted by Crippen LogP contribution is -2.26. The number of aliphatic carboxylic acids is 1. The minimum absolute atomic E-state index is 0.236. The van der Waals surface area contributed by atoms with Gasteiger partial charge in [0.05, 0.1) is 26.1 Å². The van der Waals surface area contributed by atoms with Crippen molar-refractivity contribution >= 4 is 11.9 Å². The second-order valence-electron chi connectivity index (χ2n) is 4.52. The van der Waals surface area contributed by atoms with E-state index in [1.807, 2.05) is 19.1 Å². The second-order valence-corrected chi connectivity index (χ2v) is 4.52. The van der Waals surface area contributed by atoms with E-state index in [9.17, 15) is 9.59 Å². The van der Waals surface area contributed by atoms with Gasteiger partial charge in [0.1, 0.15) is 5.75 Å². The van der Waals surface area contributed by atoms with Crippen molar-refractivity contribution in [3.8, 4) is 5.75 Å². The molecule has 0 spiro atoms. The van der Waals surface area contributed by atoms with Crippen LogP contribution in [0.5, 0.6) is 5.75 Å². The van der Waals surface area contributed by atoms with Gasteiger partial charge in [-0.3, -0.25) is 9.59 Å². The number of carbonyl (C=O) groups excluding carboxylic acids is 1.